The standard InChI is InChI=1S/C23H37NO6/c1-20-5-4-6-21(2,27-3)23(20,26)13-16-17(19(25)30-18(16)14-20)15-24-9-7-22(8-10-24)28-11-12-29-22/h16-18,26H,4-15H2,1-3H3/t16-,17-,18-,20-,21-,23-/m1/s1. The molecule has 3 saturated heterocycles. The van der Waals surface area contributed by atoms with E-state index in [0.717, 1.165) is 51.6 Å². The van der Waals surface area contributed by atoms with E-state index in [9.17, 15) is 9.90 Å². The summed E-state index contributed by atoms with van der Waals surface area (Å²) in [6.07, 6.45) is 5.70. The van der Waals surface area contributed by atoms with E-state index in [1.807, 2.05) is 6.92 Å². The average molecular weight is 424 g/mol. The number of nitrogens with zero attached hydrogens (tertiary/aromatic N) is 1. The van der Waals surface area contributed by atoms with Crippen molar-refractivity contribution in [2.45, 2.75) is 81.9 Å². The predicted octanol–water partition coefficient (Wildman–Crippen LogP) is 2.10. The molecule has 0 bridgehead atoms. The van der Waals surface area contributed by atoms with Crippen LogP contribution in [-0.4, -0.2) is 79.0 Å². The zero-order valence-electron chi connectivity index (χ0n) is 18.7. The van der Waals surface area contributed by atoms with Gasteiger partial charge in [-0.15, -0.1) is 0 Å². The molecule has 2 aliphatic carbocycles. The molecule has 3 heterocycles. The Bertz CT molecular complexity index is 685. The highest BCUT2D eigenvalue weighted by atomic mass is 16.7. The molecule has 170 valence electrons. The lowest BCUT2D eigenvalue weighted by molar-refractivity contribution is -0.270. The molecule has 7 nitrogen and oxygen atoms in total. The van der Waals surface area contributed by atoms with Crippen molar-refractivity contribution in [3.05, 3.63) is 0 Å². The van der Waals surface area contributed by atoms with Crippen molar-refractivity contribution in [3.63, 3.8) is 0 Å². The number of aliphatic hydroxyl groups is 1. The number of ether oxygens (including phenoxy) is 4. The highest BCUT2D eigenvalue weighted by molar-refractivity contribution is 5.75. The molecule has 0 aromatic rings. The van der Waals surface area contributed by atoms with Gasteiger partial charge in [-0.25, -0.2) is 0 Å². The first kappa shape index (κ1) is 21.1. The first-order valence-electron chi connectivity index (χ1n) is 11.7. The fourth-order valence-electron chi connectivity index (χ4n) is 7.23. The van der Waals surface area contributed by atoms with E-state index in [2.05, 4.69) is 11.8 Å². The minimum atomic E-state index is -0.947. The number of hydrogen-bond donors (Lipinski definition) is 1. The van der Waals surface area contributed by atoms with Crippen molar-refractivity contribution in [2.75, 3.05) is 40.0 Å². The number of carbonyl (C=O) groups is 1. The Morgan fingerprint density at radius 1 is 1.10 bits per heavy atom. The smallest absolute Gasteiger partial charge is 0.310 e. The van der Waals surface area contributed by atoms with Gasteiger partial charge in [-0.05, 0) is 39.0 Å². The zero-order chi connectivity index (χ0) is 21.2. The van der Waals surface area contributed by atoms with Crippen molar-refractivity contribution >= 4 is 5.97 Å². The second kappa shape index (κ2) is 7.14. The van der Waals surface area contributed by atoms with Crippen LogP contribution >= 0.6 is 0 Å². The molecule has 1 N–H and O–H groups in total. The molecule has 0 aromatic heterocycles. The van der Waals surface area contributed by atoms with Crippen LogP contribution in [0.3, 0.4) is 0 Å². The summed E-state index contributed by atoms with van der Waals surface area (Å²) in [5.41, 5.74) is -1.82. The monoisotopic (exact) mass is 423 g/mol. The zero-order valence-corrected chi connectivity index (χ0v) is 18.7. The van der Waals surface area contributed by atoms with Crippen molar-refractivity contribution in [1.29, 1.82) is 0 Å². The van der Waals surface area contributed by atoms with Crippen LogP contribution in [0.15, 0.2) is 0 Å². The second-order valence-corrected chi connectivity index (χ2v) is 10.8. The molecule has 7 heteroatoms. The summed E-state index contributed by atoms with van der Waals surface area (Å²) in [6.45, 7) is 7.96. The van der Waals surface area contributed by atoms with Crippen LogP contribution in [0.5, 0.6) is 0 Å². The molecule has 2 saturated carbocycles. The van der Waals surface area contributed by atoms with Gasteiger partial charge in [0.2, 0.25) is 0 Å². The van der Waals surface area contributed by atoms with E-state index in [4.69, 9.17) is 18.9 Å². The van der Waals surface area contributed by atoms with Crippen LogP contribution in [0.1, 0.15) is 58.8 Å². The molecular formula is C23H37NO6. The minimum Gasteiger partial charge on any atom is -0.462 e. The topological polar surface area (TPSA) is 77.5 Å². The maximum Gasteiger partial charge on any atom is 0.310 e. The number of esters is 1. The van der Waals surface area contributed by atoms with Crippen LogP contribution in [0.25, 0.3) is 0 Å². The highest BCUT2D eigenvalue weighted by Crippen LogP contribution is 2.61. The second-order valence-electron chi connectivity index (χ2n) is 10.8. The molecule has 30 heavy (non-hydrogen) atoms. The molecule has 0 amide bonds. The summed E-state index contributed by atoms with van der Waals surface area (Å²) in [7, 11) is 1.71. The number of piperidine rings is 1. The van der Waals surface area contributed by atoms with Gasteiger partial charge < -0.3 is 29.0 Å². The van der Waals surface area contributed by atoms with Crippen molar-refractivity contribution in [3.8, 4) is 0 Å². The quantitative estimate of drug-likeness (QED) is 0.697. The number of hydrogen-bond acceptors (Lipinski definition) is 7. The Balaban J connectivity index is 1.32. The van der Waals surface area contributed by atoms with Gasteiger partial charge in [0, 0.05) is 50.9 Å². The molecule has 5 rings (SSSR count). The van der Waals surface area contributed by atoms with Gasteiger partial charge in [0.1, 0.15) is 6.10 Å². The fraction of sp³-hybridized carbons (Fsp3) is 0.957. The summed E-state index contributed by atoms with van der Waals surface area (Å²) < 4.78 is 23.5. The van der Waals surface area contributed by atoms with Crippen LogP contribution in [0.4, 0.5) is 0 Å². The van der Waals surface area contributed by atoms with Crippen LogP contribution < -0.4 is 0 Å². The first-order chi connectivity index (χ1) is 14.2. The Labute approximate surface area is 179 Å². The van der Waals surface area contributed by atoms with Crippen LogP contribution in [-0.2, 0) is 23.7 Å². The summed E-state index contributed by atoms with van der Waals surface area (Å²) in [5.74, 6) is -0.646. The Morgan fingerprint density at radius 2 is 1.80 bits per heavy atom. The maximum absolute atomic E-state index is 12.9. The van der Waals surface area contributed by atoms with Crippen molar-refractivity contribution < 1.29 is 28.8 Å². The van der Waals surface area contributed by atoms with Gasteiger partial charge >= 0.3 is 5.97 Å². The Morgan fingerprint density at radius 3 is 2.47 bits per heavy atom. The number of fused-ring (bicyclic) bond motifs is 2. The normalized spacial score (nSPS) is 48.4. The lowest BCUT2D eigenvalue weighted by Crippen LogP contribution is -2.69. The van der Waals surface area contributed by atoms with Gasteiger partial charge in [-0.3, -0.25) is 4.79 Å². The number of carbonyl (C=O) groups excluding carboxylic acids is 1. The van der Waals surface area contributed by atoms with E-state index >= 15 is 0 Å². The van der Waals surface area contributed by atoms with E-state index in [0.29, 0.717) is 26.2 Å². The molecule has 5 fully saturated rings. The Hall–Kier alpha value is -0.730. The maximum atomic E-state index is 12.9. The van der Waals surface area contributed by atoms with Gasteiger partial charge in [-0.2, -0.15) is 0 Å². The van der Waals surface area contributed by atoms with Gasteiger partial charge in [0.25, 0.3) is 0 Å². The minimum absolute atomic E-state index is 0.0398. The average Bonchev–Trinajstić information content (AvgIpc) is 3.28. The van der Waals surface area contributed by atoms with E-state index < -0.39 is 17.0 Å². The summed E-state index contributed by atoms with van der Waals surface area (Å²) in [4.78, 5) is 15.2. The molecule has 0 unspecified atom stereocenters. The van der Waals surface area contributed by atoms with Gasteiger partial charge in [0.05, 0.1) is 30.3 Å². The van der Waals surface area contributed by atoms with Gasteiger partial charge in [-0.1, -0.05) is 6.92 Å². The van der Waals surface area contributed by atoms with E-state index in [1.54, 1.807) is 7.11 Å². The fourth-order valence-corrected chi connectivity index (χ4v) is 7.23. The number of rotatable bonds is 3. The molecule has 1 spiro atoms. The molecule has 0 aromatic carbocycles. The molecule has 5 aliphatic rings. The van der Waals surface area contributed by atoms with Crippen molar-refractivity contribution in [2.24, 2.45) is 17.3 Å². The first-order valence-corrected chi connectivity index (χ1v) is 11.7. The molecule has 3 aliphatic heterocycles. The predicted molar refractivity (Wildman–Crippen MR) is 109 cm³/mol. The summed E-state index contributed by atoms with van der Waals surface area (Å²) >= 11 is 0. The molecule has 6 atom stereocenters. The number of methoxy groups -OCH3 is 1. The third-order valence-corrected chi connectivity index (χ3v) is 9.34. The third-order valence-electron chi connectivity index (χ3n) is 9.34. The van der Waals surface area contributed by atoms with E-state index in [-0.39, 0.29) is 29.3 Å². The summed E-state index contributed by atoms with van der Waals surface area (Å²) in [6, 6.07) is 0. The SMILES string of the molecule is CO[C@]1(C)CCC[C@]2(C)C[C@H]3OC(=O)[C@H](CN4CCC5(CC4)OCCO5)[C@H]3C[C@@]21O. The largest absolute Gasteiger partial charge is 0.462 e. The Kier molecular flexibility index (Phi) is 5.03. The van der Waals surface area contributed by atoms with E-state index in [1.165, 1.54) is 0 Å². The molecule has 0 radical (unpaired) electrons. The third kappa shape index (κ3) is 2.99. The molecular weight excluding hydrogens is 386 g/mol. The number of likely N-dealkylation sites (tertiary alicyclic amines) is 1. The highest BCUT2D eigenvalue weighted by Gasteiger charge is 2.67. The van der Waals surface area contributed by atoms with Crippen LogP contribution in [0.2, 0.25) is 0 Å². The van der Waals surface area contributed by atoms with Crippen molar-refractivity contribution in [1.82, 2.24) is 4.90 Å². The summed E-state index contributed by atoms with van der Waals surface area (Å²) in [5, 5.41) is 12.0. The van der Waals surface area contributed by atoms with Crippen LogP contribution in [0, 0.1) is 17.3 Å². The lowest BCUT2D eigenvalue weighted by atomic mass is 9.49. The van der Waals surface area contributed by atoms with Gasteiger partial charge in [0.15, 0.2) is 5.79 Å². The lowest BCUT2D eigenvalue weighted by Gasteiger charge is -2.62.